The van der Waals surface area contributed by atoms with Crippen LogP contribution in [0.5, 0.6) is 0 Å². The zero-order valence-electron chi connectivity index (χ0n) is 9.09. The van der Waals surface area contributed by atoms with E-state index in [0.717, 1.165) is 0 Å². The molecule has 0 radical (unpaired) electrons. The first-order valence-corrected chi connectivity index (χ1v) is 5.26. The van der Waals surface area contributed by atoms with Gasteiger partial charge in [-0.05, 0) is 0 Å². The largest absolute Gasteiger partial charge is 0.481 e. The Kier molecular flexibility index (Phi) is 3.22. The van der Waals surface area contributed by atoms with Gasteiger partial charge in [-0.25, -0.2) is 9.78 Å². The molecular weight excluding hydrogens is 226 g/mol. The zero-order valence-corrected chi connectivity index (χ0v) is 9.09. The third kappa shape index (κ3) is 2.71. The molecule has 1 aliphatic rings. The van der Waals surface area contributed by atoms with Crippen LogP contribution in [-0.2, 0) is 11.2 Å². The van der Waals surface area contributed by atoms with Gasteiger partial charge in [-0.3, -0.25) is 9.89 Å². The van der Waals surface area contributed by atoms with E-state index in [0.29, 0.717) is 18.8 Å². The molecule has 8 heteroatoms. The van der Waals surface area contributed by atoms with E-state index in [4.69, 9.17) is 5.11 Å². The number of carbonyl (C=O) groups excluding carboxylic acids is 1. The number of likely N-dealkylation sites (tertiary alicyclic amines) is 1. The predicted molar refractivity (Wildman–Crippen MR) is 56.2 cm³/mol. The molecule has 0 saturated carbocycles. The van der Waals surface area contributed by atoms with Gasteiger partial charge in [0, 0.05) is 26.1 Å². The lowest BCUT2D eigenvalue weighted by atomic mass is 10.0. The first-order valence-electron chi connectivity index (χ1n) is 5.26. The van der Waals surface area contributed by atoms with Crippen LogP contribution in [-0.4, -0.2) is 56.8 Å². The van der Waals surface area contributed by atoms with Crippen LogP contribution >= 0.6 is 0 Å². The first kappa shape index (κ1) is 11.4. The van der Waals surface area contributed by atoms with Crippen molar-refractivity contribution in [1.82, 2.24) is 25.4 Å². The predicted octanol–water partition coefficient (Wildman–Crippen LogP) is -0.927. The summed E-state index contributed by atoms with van der Waals surface area (Å²) in [5.74, 6) is -0.567. The van der Waals surface area contributed by atoms with Crippen molar-refractivity contribution in [1.29, 1.82) is 0 Å². The van der Waals surface area contributed by atoms with Crippen LogP contribution in [0.25, 0.3) is 0 Å². The molecule has 1 aliphatic heterocycles. The summed E-state index contributed by atoms with van der Waals surface area (Å²) in [6.07, 6.45) is 1.98. The van der Waals surface area contributed by atoms with Gasteiger partial charge in [-0.1, -0.05) is 0 Å². The fourth-order valence-electron chi connectivity index (χ4n) is 1.55. The Bertz CT molecular complexity index is 399. The van der Waals surface area contributed by atoms with Gasteiger partial charge in [0.05, 0.1) is 5.92 Å². The quantitative estimate of drug-likeness (QED) is 0.628. The number of hydrogen-bond donors (Lipinski definition) is 3. The zero-order chi connectivity index (χ0) is 12.3. The second-order valence-electron chi connectivity index (χ2n) is 3.85. The molecule has 0 atom stereocenters. The minimum atomic E-state index is -0.851. The summed E-state index contributed by atoms with van der Waals surface area (Å²) < 4.78 is 0. The van der Waals surface area contributed by atoms with Crippen molar-refractivity contribution < 1.29 is 14.7 Å². The van der Waals surface area contributed by atoms with Crippen LogP contribution in [0.3, 0.4) is 0 Å². The van der Waals surface area contributed by atoms with E-state index in [2.05, 4.69) is 20.5 Å². The second-order valence-corrected chi connectivity index (χ2v) is 3.85. The molecule has 0 unspecified atom stereocenters. The van der Waals surface area contributed by atoms with Crippen LogP contribution in [0.4, 0.5) is 4.79 Å². The van der Waals surface area contributed by atoms with E-state index in [1.54, 1.807) is 0 Å². The van der Waals surface area contributed by atoms with E-state index >= 15 is 0 Å². The number of nitrogens with zero attached hydrogens (tertiary/aromatic N) is 3. The summed E-state index contributed by atoms with van der Waals surface area (Å²) in [6, 6.07) is -0.234. The standard InChI is InChI=1S/C9H13N5O3/c15-8(16)6-3-14(4-6)9(17)10-2-1-7-11-5-12-13-7/h5-6H,1-4H2,(H,10,17)(H,15,16)(H,11,12,13). The summed E-state index contributed by atoms with van der Waals surface area (Å²) >= 11 is 0. The highest BCUT2D eigenvalue weighted by molar-refractivity contribution is 5.79. The molecule has 2 rings (SSSR count). The highest BCUT2D eigenvalue weighted by Crippen LogP contribution is 2.14. The van der Waals surface area contributed by atoms with Gasteiger partial charge in [0.1, 0.15) is 12.2 Å². The van der Waals surface area contributed by atoms with Crippen LogP contribution in [0.2, 0.25) is 0 Å². The van der Waals surface area contributed by atoms with Crippen LogP contribution in [0, 0.1) is 5.92 Å². The van der Waals surface area contributed by atoms with Gasteiger partial charge < -0.3 is 15.3 Å². The van der Waals surface area contributed by atoms with Crippen molar-refractivity contribution in [2.24, 2.45) is 5.92 Å². The maximum Gasteiger partial charge on any atom is 0.317 e. The van der Waals surface area contributed by atoms with E-state index in [1.807, 2.05) is 0 Å². The number of nitrogens with one attached hydrogen (secondary N) is 2. The monoisotopic (exact) mass is 239 g/mol. The maximum atomic E-state index is 11.5. The van der Waals surface area contributed by atoms with Crippen molar-refractivity contribution in [2.75, 3.05) is 19.6 Å². The lowest BCUT2D eigenvalue weighted by Crippen LogP contribution is -2.56. The number of aromatic nitrogens is 3. The fraction of sp³-hybridized carbons (Fsp3) is 0.556. The van der Waals surface area contributed by atoms with Crippen molar-refractivity contribution in [3.05, 3.63) is 12.2 Å². The number of amides is 2. The summed E-state index contributed by atoms with van der Waals surface area (Å²) in [7, 11) is 0. The maximum absolute atomic E-state index is 11.5. The molecule has 0 aliphatic carbocycles. The Morgan fingerprint density at radius 1 is 1.59 bits per heavy atom. The molecule has 1 aromatic heterocycles. The molecular formula is C9H13N5O3. The number of aromatic amines is 1. The Morgan fingerprint density at radius 2 is 2.35 bits per heavy atom. The van der Waals surface area contributed by atoms with Crippen molar-refractivity contribution >= 4 is 12.0 Å². The molecule has 3 N–H and O–H groups in total. The summed E-state index contributed by atoms with van der Waals surface area (Å²) in [4.78, 5) is 27.4. The summed E-state index contributed by atoms with van der Waals surface area (Å²) in [5.41, 5.74) is 0. The summed E-state index contributed by atoms with van der Waals surface area (Å²) in [6.45, 7) is 1.01. The highest BCUT2D eigenvalue weighted by Gasteiger charge is 2.35. The molecule has 2 heterocycles. The lowest BCUT2D eigenvalue weighted by molar-refractivity contribution is -0.146. The first-order chi connectivity index (χ1) is 8.16. The van der Waals surface area contributed by atoms with Crippen molar-refractivity contribution in [3.8, 4) is 0 Å². The third-order valence-corrected chi connectivity index (χ3v) is 2.62. The van der Waals surface area contributed by atoms with E-state index in [-0.39, 0.29) is 19.1 Å². The normalized spacial score (nSPS) is 15.4. The van der Waals surface area contributed by atoms with Crippen LogP contribution < -0.4 is 5.32 Å². The van der Waals surface area contributed by atoms with Gasteiger partial charge in [-0.2, -0.15) is 5.10 Å². The highest BCUT2D eigenvalue weighted by atomic mass is 16.4. The van der Waals surface area contributed by atoms with Crippen molar-refractivity contribution in [2.45, 2.75) is 6.42 Å². The Hall–Kier alpha value is -2.12. The molecule has 8 nitrogen and oxygen atoms in total. The summed E-state index contributed by atoms with van der Waals surface area (Å²) in [5, 5.41) is 17.7. The Balaban J connectivity index is 1.64. The molecule has 0 aromatic carbocycles. The average molecular weight is 239 g/mol. The number of urea groups is 1. The van der Waals surface area contributed by atoms with Crippen molar-refractivity contribution in [3.63, 3.8) is 0 Å². The van der Waals surface area contributed by atoms with Gasteiger partial charge in [-0.15, -0.1) is 0 Å². The number of H-pyrrole nitrogens is 1. The second kappa shape index (κ2) is 4.81. The molecule has 17 heavy (non-hydrogen) atoms. The molecule has 1 fully saturated rings. The van der Waals surface area contributed by atoms with E-state index in [9.17, 15) is 9.59 Å². The molecule has 1 aromatic rings. The van der Waals surface area contributed by atoms with Gasteiger partial charge in [0.2, 0.25) is 0 Å². The average Bonchev–Trinajstić information content (AvgIpc) is 2.67. The number of carboxylic acid groups (broad SMARTS) is 1. The SMILES string of the molecule is O=C(O)C1CN(C(=O)NCCc2ncn[nH]2)C1. The number of hydrogen-bond acceptors (Lipinski definition) is 4. The minimum Gasteiger partial charge on any atom is -0.481 e. The number of rotatable bonds is 4. The van der Waals surface area contributed by atoms with Gasteiger partial charge in [0.25, 0.3) is 0 Å². The van der Waals surface area contributed by atoms with Gasteiger partial charge >= 0.3 is 12.0 Å². The molecule has 2 amide bonds. The smallest absolute Gasteiger partial charge is 0.317 e. The topological polar surface area (TPSA) is 111 Å². The van der Waals surface area contributed by atoms with Crippen LogP contribution in [0.15, 0.2) is 6.33 Å². The number of aliphatic carboxylic acids is 1. The minimum absolute atomic E-state index is 0.234. The fourth-order valence-corrected chi connectivity index (χ4v) is 1.55. The Morgan fingerprint density at radius 3 is 2.94 bits per heavy atom. The lowest BCUT2D eigenvalue weighted by Gasteiger charge is -2.36. The van der Waals surface area contributed by atoms with Crippen LogP contribution in [0.1, 0.15) is 5.82 Å². The van der Waals surface area contributed by atoms with Gasteiger partial charge in [0.15, 0.2) is 0 Å². The Labute approximate surface area is 97.0 Å². The molecule has 0 spiro atoms. The number of carboxylic acids is 1. The molecule has 1 saturated heterocycles. The number of carbonyl (C=O) groups is 2. The molecule has 92 valence electrons. The molecule has 0 bridgehead atoms. The van der Waals surface area contributed by atoms with E-state index in [1.165, 1.54) is 11.2 Å². The third-order valence-electron chi connectivity index (χ3n) is 2.62. The van der Waals surface area contributed by atoms with E-state index < -0.39 is 11.9 Å².